The van der Waals surface area contributed by atoms with Gasteiger partial charge in [-0.25, -0.2) is 4.39 Å². The summed E-state index contributed by atoms with van der Waals surface area (Å²) in [4.78, 5) is 15.3. The van der Waals surface area contributed by atoms with Crippen LogP contribution in [-0.4, -0.2) is 10.8 Å². The molecule has 3 heteroatoms. The van der Waals surface area contributed by atoms with E-state index in [1.807, 2.05) is 6.92 Å². The molecule has 0 saturated heterocycles. The molecule has 0 N–H and O–H groups in total. The van der Waals surface area contributed by atoms with Crippen LogP contribution in [0.2, 0.25) is 0 Å². The monoisotopic (exact) mass is 229 g/mol. The largest absolute Gasteiger partial charge is 0.295 e. The van der Waals surface area contributed by atoms with Gasteiger partial charge in [-0.2, -0.15) is 0 Å². The first kappa shape index (κ1) is 11.5. The number of pyridine rings is 1. The Hall–Kier alpha value is -2.03. The minimum Gasteiger partial charge on any atom is -0.295 e. The molecule has 0 bridgehead atoms. The van der Waals surface area contributed by atoms with Crippen LogP contribution in [0, 0.1) is 12.7 Å². The summed E-state index contributed by atoms with van der Waals surface area (Å²) < 4.78 is 13.8. The fourth-order valence-electron chi connectivity index (χ4n) is 1.73. The minimum atomic E-state index is -0.329. The second-order valence-corrected chi connectivity index (χ2v) is 3.94. The molecule has 0 aliphatic heterocycles. The second kappa shape index (κ2) is 4.45. The van der Waals surface area contributed by atoms with Gasteiger partial charge < -0.3 is 0 Å². The summed E-state index contributed by atoms with van der Waals surface area (Å²) in [6.07, 6.45) is 3.29. The minimum absolute atomic E-state index is 0.0713. The molecule has 17 heavy (non-hydrogen) atoms. The molecule has 2 rings (SSSR count). The van der Waals surface area contributed by atoms with Gasteiger partial charge in [0.25, 0.3) is 0 Å². The van der Waals surface area contributed by atoms with Crippen LogP contribution in [0.5, 0.6) is 0 Å². The van der Waals surface area contributed by atoms with Crippen molar-refractivity contribution in [3.8, 4) is 11.1 Å². The topological polar surface area (TPSA) is 30.0 Å². The molecule has 0 spiro atoms. The quantitative estimate of drug-likeness (QED) is 0.739. The zero-order chi connectivity index (χ0) is 12.4. The Balaban J connectivity index is 2.63. The van der Waals surface area contributed by atoms with E-state index in [0.717, 1.165) is 11.1 Å². The van der Waals surface area contributed by atoms with Gasteiger partial charge in [0, 0.05) is 23.5 Å². The van der Waals surface area contributed by atoms with Crippen molar-refractivity contribution in [3.05, 3.63) is 53.6 Å². The van der Waals surface area contributed by atoms with E-state index in [-0.39, 0.29) is 11.6 Å². The molecule has 0 amide bonds. The number of hydrogen-bond acceptors (Lipinski definition) is 2. The summed E-state index contributed by atoms with van der Waals surface area (Å²) in [5.41, 5.74) is 2.60. The van der Waals surface area contributed by atoms with Crippen LogP contribution in [0.15, 0.2) is 36.7 Å². The lowest BCUT2D eigenvalue weighted by atomic mass is 9.99. The second-order valence-electron chi connectivity index (χ2n) is 3.94. The number of Topliss-reactive ketones (excluding diaryl/α,β-unsaturated/α-hetero) is 1. The normalized spacial score (nSPS) is 10.3. The van der Waals surface area contributed by atoms with E-state index in [9.17, 15) is 9.18 Å². The maximum absolute atomic E-state index is 13.8. The third-order valence-electron chi connectivity index (χ3n) is 2.68. The molecular formula is C14H12FNO. The Labute approximate surface area is 99.1 Å². The van der Waals surface area contributed by atoms with Gasteiger partial charge in [0.2, 0.25) is 0 Å². The van der Waals surface area contributed by atoms with Crippen molar-refractivity contribution in [2.45, 2.75) is 13.8 Å². The lowest BCUT2D eigenvalue weighted by molar-refractivity contribution is 0.101. The number of benzene rings is 1. The number of hydrogen-bond donors (Lipinski definition) is 0. The highest BCUT2D eigenvalue weighted by Crippen LogP contribution is 2.26. The van der Waals surface area contributed by atoms with E-state index >= 15 is 0 Å². The Kier molecular flexibility index (Phi) is 3.00. The summed E-state index contributed by atoms with van der Waals surface area (Å²) in [6, 6.07) is 6.15. The first-order valence-corrected chi connectivity index (χ1v) is 5.31. The Morgan fingerprint density at radius 2 is 2.00 bits per heavy atom. The smallest absolute Gasteiger partial charge is 0.159 e. The predicted molar refractivity (Wildman–Crippen MR) is 64.4 cm³/mol. The Morgan fingerprint density at radius 3 is 2.65 bits per heavy atom. The highest BCUT2D eigenvalue weighted by molar-refractivity contribution is 5.95. The average Bonchev–Trinajstić information content (AvgIpc) is 2.30. The maximum atomic E-state index is 13.8. The van der Waals surface area contributed by atoms with E-state index in [1.54, 1.807) is 24.5 Å². The summed E-state index contributed by atoms with van der Waals surface area (Å²) >= 11 is 0. The van der Waals surface area contributed by atoms with E-state index in [4.69, 9.17) is 0 Å². The van der Waals surface area contributed by atoms with Crippen molar-refractivity contribution in [1.29, 1.82) is 0 Å². The zero-order valence-corrected chi connectivity index (χ0v) is 9.70. The molecule has 2 nitrogen and oxygen atoms in total. The summed E-state index contributed by atoms with van der Waals surface area (Å²) in [7, 11) is 0. The third-order valence-corrected chi connectivity index (χ3v) is 2.68. The highest BCUT2D eigenvalue weighted by Gasteiger charge is 2.10. The van der Waals surface area contributed by atoms with Crippen LogP contribution in [-0.2, 0) is 0 Å². The molecule has 0 radical (unpaired) electrons. The molecule has 1 aromatic carbocycles. The average molecular weight is 229 g/mol. The number of halogens is 1. The molecule has 0 saturated carbocycles. The fourth-order valence-corrected chi connectivity index (χ4v) is 1.73. The zero-order valence-electron chi connectivity index (χ0n) is 9.70. The van der Waals surface area contributed by atoms with Gasteiger partial charge in [0.1, 0.15) is 5.82 Å². The van der Waals surface area contributed by atoms with Crippen molar-refractivity contribution in [2.24, 2.45) is 0 Å². The number of aryl methyl sites for hydroxylation is 1. The first-order chi connectivity index (χ1) is 8.09. The van der Waals surface area contributed by atoms with Gasteiger partial charge in [0.15, 0.2) is 5.78 Å². The molecule has 1 aromatic heterocycles. The molecule has 0 aliphatic rings. The Morgan fingerprint density at radius 1 is 1.24 bits per heavy atom. The lowest BCUT2D eigenvalue weighted by Crippen LogP contribution is -1.95. The van der Waals surface area contributed by atoms with Gasteiger partial charge in [-0.15, -0.1) is 0 Å². The number of carbonyl (C=O) groups is 1. The molecule has 86 valence electrons. The lowest BCUT2D eigenvalue weighted by Gasteiger charge is -2.07. The highest BCUT2D eigenvalue weighted by atomic mass is 19.1. The van der Waals surface area contributed by atoms with Crippen LogP contribution in [0.4, 0.5) is 4.39 Å². The maximum Gasteiger partial charge on any atom is 0.159 e. The van der Waals surface area contributed by atoms with E-state index in [1.165, 1.54) is 19.1 Å². The van der Waals surface area contributed by atoms with Crippen molar-refractivity contribution < 1.29 is 9.18 Å². The van der Waals surface area contributed by atoms with Crippen molar-refractivity contribution in [1.82, 2.24) is 4.98 Å². The molecule has 0 atom stereocenters. The van der Waals surface area contributed by atoms with Crippen LogP contribution < -0.4 is 0 Å². The standard InChI is InChI=1S/C14H12FNO/c1-9-8-16-6-5-12(9)13-7-11(10(2)17)3-4-14(13)15/h3-8H,1-2H3. The van der Waals surface area contributed by atoms with E-state index in [2.05, 4.69) is 4.98 Å². The number of ketones is 1. The number of rotatable bonds is 2. The number of aromatic nitrogens is 1. The van der Waals surface area contributed by atoms with Gasteiger partial charge in [-0.05, 0) is 49.2 Å². The first-order valence-electron chi connectivity index (χ1n) is 5.31. The summed E-state index contributed by atoms with van der Waals surface area (Å²) in [5.74, 6) is -0.401. The van der Waals surface area contributed by atoms with Gasteiger partial charge in [0.05, 0.1) is 0 Å². The molecule has 2 aromatic rings. The van der Waals surface area contributed by atoms with Crippen molar-refractivity contribution >= 4 is 5.78 Å². The van der Waals surface area contributed by atoms with Gasteiger partial charge >= 0.3 is 0 Å². The van der Waals surface area contributed by atoms with Crippen LogP contribution in [0.25, 0.3) is 11.1 Å². The Bertz CT molecular complexity index is 578. The van der Waals surface area contributed by atoms with Gasteiger partial charge in [-0.3, -0.25) is 9.78 Å². The third kappa shape index (κ3) is 2.23. The molecular weight excluding hydrogens is 217 g/mol. The molecule has 0 fully saturated rings. The van der Waals surface area contributed by atoms with Gasteiger partial charge in [-0.1, -0.05) is 0 Å². The summed E-state index contributed by atoms with van der Waals surface area (Å²) in [6.45, 7) is 3.33. The molecule has 0 unspecified atom stereocenters. The van der Waals surface area contributed by atoms with Crippen LogP contribution in [0.3, 0.4) is 0 Å². The predicted octanol–water partition coefficient (Wildman–Crippen LogP) is 3.40. The van der Waals surface area contributed by atoms with E-state index in [0.29, 0.717) is 11.1 Å². The van der Waals surface area contributed by atoms with Crippen molar-refractivity contribution in [3.63, 3.8) is 0 Å². The van der Waals surface area contributed by atoms with E-state index < -0.39 is 0 Å². The number of carbonyl (C=O) groups excluding carboxylic acids is 1. The molecule has 0 aliphatic carbocycles. The van der Waals surface area contributed by atoms with Crippen molar-refractivity contribution in [2.75, 3.05) is 0 Å². The molecule has 1 heterocycles. The van der Waals surface area contributed by atoms with Crippen LogP contribution >= 0.6 is 0 Å². The summed E-state index contributed by atoms with van der Waals surface area (Å²) in [5, 5.41) is 0. The SMILES string of the molecule is CC(=O)c1ccc(F)c(-c2ccncc2C)c1. The fraction of sp³-hybridized carbons (Fsp3) is 0.143. The van der Waals surface area contributed by atoms with Crippen LogP contribution in [0.1, 0.15) is 22.8 Å². The number of nitrogens with zero attached hydrogens (tertiary/aromatic N) is 1.